The summed E-state index contributed by atoms with van der Waals surface area (Å²) in [5.74, 6) is -0.698. The number of hydrogen-bond acceptors (Lipinski definition) is 4. The van der Waals surface area contributed by atoms with Gasteiger partial charge in [0.15, 0.2) is 0 Å². The van der Waals surface area contributed by atoms with Crippen LogP contribution in [0.1, 0.15) is 45.5 Å². The molecule has 0 aliphatic carbocycles. The average molecular weight is 381 g/mol. The third-order valence-electron chi connectivity index (χ3n) is 5.63. The van der Waals surface area contributed by atoms with E-state index in [-0.39, 0.29) is 23.5 Å². The van der Waals surface area contributed by atoms with Gasteiger partial charge < -0.3 is 14.7 Å². The lowest BCUT2D eigenvalue weighted by atomic mass is 9.76. The van der Waals surface area contributed by atoms with Crippen molar-refractivity contribution in [2.24, 2.45) is 5.41 Å². The first kappa shape index (κ1) is 20.1. The van der Waals surface area contributed by atoms with E-state index in [2.05, 4.69) is 12.1 Å². The van der Waals surface area contributed by atoms with Gasteiger partial charge in [0.05, 0.1) is 24.8 Å². The third-order valence-corrected chi connectivity index (χ3v) is 5.63. The van der Waals surface area contributed by atoms with E-state index in [4.69, 9.17) is 4.74 Å². The van der Waals surface area contributed by atoms with Crippen LogP contribution in [-0.4, -0.2) is 48.7 Å². The van der Waals surface area contributed by atoms with Crippen molar-refractivity contribution in [3.8, 4) is 0 Å². The number of carbonyl (C=O) groups excluding carboxylic acids is 2. The molecule has 0 radical (unpaired) electrons. The van der Waals surface area contributed by atoms with Crippen LogP contribution >= 0.6 is 0 Å². The van der Waals surface area contributed by atoms with Gasteiger partial charge in [0, 0.05) is 18.5 Å². The molecule has 0 unspecified atom stereocenters. The number of hydrogen-bond donors (Lipinski definition) is 1. The molecule has 148 valence electrons. The van der Waals surface area contributed by atoms with Crippen LogP contribution in [0.25, 0.3) is 0 Å². The minimum Gasteiger partial charge on any atom is -0.465 e. The van der Waals surface area contributed by atoms with E-state index in [0.717, 1.165) is 25.7 Å². The van der Waals surface area contributed by atoms with Crippen LogP contribution in [-0.2, 0) is 11.2 Å². The molecule has 0 saturated carbocycles. The molecule has 0 spiro atoms. The fourth-order valence-electron chi connectivity index (χ4n) is 3.98. The summed E-state index contributed by atoms with van der Waals surface area (Å²) in [7, 11) is 1.31. The van der Waals surface area contributed by atoms with Crippen molar-refractivity contribution >= 4 is 11.9 Å². The van der Waals surface area contributed by atoms with Gasteiger partial charge in [0.2, 0.25) is 0 Å². The minimum absolute atomic E-state index is 0.0439. The molecule has 1 heterocycles. The molecule has 1 saturated heterocycles. The van der Waals surface area contributed by atoms with Crippen LogP contribution in [0.15, 0.2) is 54.6 Å². The monoisotopic (exact) mass is 381 g/mol. The number of aryl methyl sites for hydroxylation is 1. The standard InChI is InChI=1S/C23H27NO4/c1-28-22(27)20-11-6-5-10-19(20)21(26)24-15-7-13-23(16-24,17-25)14-12-18-8-3-2-4-9-18/h2-6,8-11,25H,7,12-17H2,1H3/t23-/m1/s1. The van der Waals surface area contributed by atoms with Crippen LogP contribution in [0.3, 0.4) is 0 Å². The SMILES string of the molecule is COC(=O)c1ccccc1C(=O)N1CCC[C@@](CO)(CCc2ccccc2)C1. The number of benzene rings is 2. The largest absolute Gasteiger partial charge is 0.465 e. The van der Waals surface area contributed by atoms with E-state index in [1.54, 1.807) is 29.2 Å². The van der Waals surface area contributed by atoms with Crippen LogP contribution in [0.5, 0.6) is 0 Å². The molecule has 1 amide bonds. The fourth-order valence-corrected chi connectivity index (χ4v) is 3.98. The lowest BCUT2D eigenvalue weighted by Gasteiger charge is -2.42. The minimum atomic E-state index is -0.515. The normalized spacial score (nSPS) is 19.3. The number of aliphatic hydroxyl groups is 1. The van der Waals surface area contributed by atoms with Crippen molar-refractivity contribution in [1.82, 2.24) is 4.90 Å². The van der Waals surface area contributed by atoms with Gasteiger partial charge in [0.25, 0.3) is 5.91 Å². The number of ether oxygens (including phenoxy) is 1. The zero-order valence-electron chi connectivity index (χ0n) is 16.3. The van der Waals surface area contributed by atoms with Crippen molar-refractivity contribution < 1.29 is 19.4 Å². The van der Waals surface area contributed by atoms with E-state index in [1.165, 1.54) is 12.7 Å². The van der Waals surface area contributed by atoms with Gasteiger partial charge in [0.1, 0.15) is 0 Å². The van der Waals surface area contributed by atoms with Crippen molar-refractivity contribution in [3.05, 3.63) is 71.3 Å². The van der Waals surface area contributed by atoms with Crippen LogP contribution in [0, 0.1) is 5.41 Å². The molecular weight excluding hydrogens is 354 g/mol. The molecular formula is C23H27NO4. The summed E-state index contributed by atoms with van der Waals surface area (Å²) in [4.78, 5) is 27.0. The number of rotatable bonds is 6. The maximum atomic E-state index is 13.2. The number of methoxy groups -OCH3 is 1. The maximum absolute atomic E-state index is 13.2. The van der Waals surface area contributed by atoms with E-state index in [0.29, 0.717) is 18.7 Å². The predicted molar refractivity (Wildman–Crippen MR) is 107 cm³/mol. The van der Waals surface area contributed by atoms with Gasteiger partial charge in [-0.05, 0) is 43.4 Å². The van der Waals surface area contributed by atoms with Crippen molar-refractivity contribution in [1.29, 1.82) is 0 Å². The van der Waals surface area contributed by atoms with Crippen LogP contribution in [0.4, 0.5) is 0 Å². The van der Waals surface area contributed by atoms with Gasteiger partial charge in [-0.3, -0.25) is 4.79 Å². The Hall–Kier alpha value is -2.66. The van der Waals surface area contributed by atoms with Crippen molar-refractivity contribution in [3.63, 3.8) is 0 Å². The summed E-state index contributed by atoms with van der Waals surface area (Å²) >= 11 is 0. The van der Waals surface area contributed by atoms with E-state index < -0.39 is 5.97 Å². The molecule has 1 N–H and O–H groups in total. The topological polar surface area (TPSA) is 66.8 Å². The molecule has 0 aromatic heterocycles. The second kappa shape index (κ2) is 9.02. The second-order valence-electron chi connectivity index (χ2n) is 7.51. The zero-order valence-corrected chi connectivity index (χ0v) is 16.3. The smallest absolute Gasteiger partial charge is 0.338 e. The van der Waals surface area contributed by atoms with Gasteiger partial charge >= 0.3 is 5.97 Å². The first-order chi connectivity index (χ1) is 13.6. The highest BCUT2D eigenvalue weighted by molar-refractivity contribution is 6.05. The highest BCUT2D eigenvalue weighted by Gasteiger charge is 2.37. The summed E-state index contributed by atoms with van der Waals surface area (Å²) in [5, 5.41) is 10.2. The molecule has 1 atom stereocenters. The Balaban J connectivity index is 1.76. The van der Waals surface area contributed by atoms with E-state index in [9.17, 15) is 14.7 Å². The molecule has 2 aromatic rings. The molecule has 1 aliphatic heterocycles. The summed E-state index contributed by atoms with van der Waals surface area (Å²) in [6.07, 6.45) is 3.40. The molecule has 1 fully saturated rings. The number of nitrogens with zero attached hydrogens (tertiary/aromatic N) is 1. The summed E-state index contributed by atoms with van der Waals surface area (Å²) < 4.78 is 4.81. The van der Waals surface area contributed by atoms with Gasteiger partial charge in [-0.25, -0.2) is 4.79 Å². The van der Waals surface area contributed by atoms with E-state index in [1.807, 2.05) is 18.2 Å². The Morgan fingerprint density at radius 1 is 1.07 bits per heavy atom. The highest BCUT2D eigenvalue weighted by Crippen LogP contribution is 2.35. The summed E-state index contributed by atoms with van der Waals surface area (Å²) in [5.41, 5.74) is 1.55. The van der Waals surface area contributed by atoms with Crippen molar-refractivity contribution in [2.45, 2.75) is 25.7 Å². The Morgan fingerprint density at radius 2 is 1.75 bits per heavy atom. The maximum Gasteiger partial charge on any atom is 0.338 e. The van der Waals surface area contributed by atoms with E-state index >= 15 is 0 Å². The Labute approximate surface area is 165 Å². The molecule has 0 bridgehead atoms. The second-order valence-corrected chi connectivity index (χ2v) is 7.51. The molecule has 3 rings (SSSR count). The highest BCUT2D eigenvalue weighted by atomic mass is 16.5. The molecule has 28 heavy (non-hydrogen) atoms. The number of likely N-dealkylation sites (tertiary alicyclic amines) is 1. The molecule has 1 aliphatic rings. The lowest BCUT2D eigenvalue weighted by molar-refractivity contribution is 0.0225. The average Bonchev–Trinajstić information content (AvgIpc) is 2.77. The summed E-state index contributed by atoms with van der Waals surface area (Å²) in [6, 6.07) is 16.9. The number of carbonyl (C=O) groups is 2. The number of aliphatic hydroxyl groups excluding tert-OH is 1. The van der Waals surface area contributed by atoms with Gasteiger partial charge in [-0.15, -0.1) is 0 Å². The Morgan fingerprint density at radius 3 is 2.43 bits per heavy atom. The first-order valence-electron chi connectivity index (χ1n) is 9.70. The number of piperidine rings is 1. The zero-order chi connectivity index (χ0) is 20.0. The lowest BCUT2D eigenvalue weighted by Crippen LogP contribution is -2.48. The Bertz CT molecular complexity index is 820. The van der Waals surface area contributed by atoms with Crippen molar-refractivity contribution in [2.75, 3.05) is 26.8 Å². The van der Waals surface area contributed by atoms with Gasteiger partial charge in [-0.2, -0.15) is 0 Å². The predicted octanol–water partition coefficient (Wildman–Crippen LogP) is 3.32. The first-order valence-corrected chi connectivity index (χ1v) is 9.70. The van der Waals surface area contributed by atoms with Crippen LogP contribution in [0.2, 0.25) is 0 Å². The van der Waals surface area contributed by atoms with Gasteiger partial charge in [-0.1, -0.05) is 42.5 Å². The Kier molecular flexibility index (Phi) is 6.47. The fraction of sp³-hybridized carbons (Fsp3) is 0.391. The number of esters is 1. The molecule has 5 nitrogen and oxygen atoms in total. The van der Waals surface area contributed by atoms with Crippen LogP contribution < -0.4 is 0 Å². The number of amides is 1. The summed E-state index contributed by atoms with van der Waals surface area (Å²) in [6.45, 7) is 1.16. The third kappa shape index (κ3) is 4.42. The quantitative estimate of drug-likeness (QED) is 0.780. The molecule has 5 heteroatoms. The molecule has 2 aromatic carbocycles.